The second-order valence-electron chi connectivity index (χ2n) is 6.88. The zero-order chi connectivity index (χ0) is 20.1. The van der Waals surface area contributed by atoms with Crippen molar-refractivity contribution in [2.75, 3.05) is 44.7 Å². The van der Waals surface area contributed by atoms with Gasteiger partial charge >= 0.3 is 6.18 Å². The molecule has 0 unspecified atom stereocenters. The quantitative estimate of drug-likeness (QED) is 0.785. The third-order valence-electron chi connectivity index (χ3n) is 4.75. The molecule has 150 valence electrons. The van der Waals surface area contributed by atoms with Crippen molar-refractivity contribution in [3.05, 3.63) is 59.9 Å². The number of anilines is 1. The summed E-state index contributed by atoms with van der Waals surface area (Å²) in [6, 6.07) is 11.2. The lowest BCUT2D eigenvalue weighted by atomic mass is 10.1. The van der Waals surface area contributed by atoms with Crippen molar-refractivity contribution in [1.82, 2.24) is 14.8 Å². The Balaban J connectivity index is 1.55. The highest BCUT2D eigenvalue weighted by Crippen LogP contribution is 2.36. The maximum atomic E-state index is 13.2. The zero-order valence-corrected chi connectivity index (χ0v) is 15.7. The number of aromatic nitrogens is 1. The molecule has 8 heteroatoms. The number of likely N-dealkylation sites (N-methyl/N-ethyl adjacent to an activating group) is 1. The lowest BCUT2D eigenvalue weighted by Gasteiger charge is -2.37. The molecule has 28 heavy (non-hydrogen) atoms. The molecule has 0 spiro atoms. The predicted molar refractivity (Wildman–Crippen MR) is 101 cm³/mol. The topological polar surface area (TPSA) is 39.7 Å². The monoisotopic (exact) mass is 392 g/mol. The molecular weight excluding hydrogens is 369 g/mol. The van der Waals surface area contributed by atoms with Crippen LogP contribution >= 0.6 is 0 Å². The van der Waals surface area contributed by atoms with Gasteiger partial charge in [0.1, 0.15) is 0 Å². The first kappa shape index (κ1) is 20.1. The van der Waals surface area contributed by atoms with Crippen molar-refractivity contribution in [1.29, 1.82) is 0 Å². The van der Waals surface area contributed by atoms with E-state index in [0.29, 0.717) is 32.7 Å². The van der Waals surface area contributed by atoms with Crippen molar-refractivity contribution in [3.63, 3.8) is 0 Å². The summed E-state index contributed by atoms with van der Waals surface area (Å²) in [5.74, 6) is -0.0258. The van der Waals surface area contributed by atoms with Crippen LogP contribution in [0.2, 0.25) is 0 Å². The molecule has 0 bridgehead atoms. The van der Waals surface area contributed by atoms with Gasteiger partial charge in [0.05, 0.1) is 17.8 Å². The third kappa shape index (κ3) is 5.01. The lowest BCUT2D eigenvalue weighted by Crippen LogP contribution is -2.51. The molecule has 1 aromatic carbocycles. The van der Waals surface area contributed by atoms with Crippen LogP contribution in [-0.4, -0.2) is 60.5 Å². The van der Waals surface area contributed by atoms with Crippen LogP contribution in [-0.2, 0) is 17.5 Å². The SMILES string of the molecule is CN(CC(=O)N1CCN(c2ccccc2C(F)(F)F)CC1)Cc1ccccn1. The number of amides is 1. The first-order chi connectivity index (χ1) is 13.3. The normalized spacial score (nSPS) is 15.2. The van der Waals surface area contributed by atoms with E-state index < -0.39 is 11.7 Å². The Morgan fingerprint density at radius 1 is 1.07 bits per heavy atom. The largest absolute Gasteiger partial charge is 0.418 e. The van der Waals surface area contributed by atoms with Crippen molar-refractivity contribution in [2.45, 2.75) is 12.7 Å². The number of nitrogens with zero attached hydrogens (tertiary/aromatic N) is 4. The third-order valence-corrected chi connectivity index (χ3v) is 4.75. The van der Waals surface area contributed by atoms with Crippen LogP contribution in [0.5, 0.6) is 0 Å². The Labute approximate surface area is 162 Å². The zero-order valence-electron chi connectivity index (χ0n) is 15.7. The van der Waals surface area contributed by atoms with Gasteiger partial charge in [-0.25, -0.2) is 0 Å². The number of carbonyl (C=O) groups excluding carboxylic acids is 1. The molecule has 1 fully saturated rings. The molecule has 0 N–H and O–H groups in total. The number of halogens is 3. The van der Waals surface area contributed by atoms with Gasteiger partial charge < -0.3 is 9.80 Å². The fraction of sp³-hybridized carbons (Fsp3) is 0.400. The number of alkyl halides is 3. The van der Waals surface area contributed by atoms with E-state index in [1.807, 2.05) is 30.1 Å². The number of rotatable bonds is 5. The molecule has 1 saturated heterocycles. The van der Waals surface area contributed by atoms with Crippen molar-refractivity contribution < 1.29 is 18.0 Å². The lowest BCUT2D eigenvalue weighted by molar-refractivity contribution is -0.137. The van der Waals surface area contributed by atoms with E-state index in [0.717, 1.165) is 11.8 Å². The second kappa shape index (κ2) is 8.60. The Kier molecular flexibility index (Phi) is 6.18. The molecule has 1 aromatic heterocycles. The van der Waals surface area contributed by atoms with E-state index in [1.165, 1.54) is 12.1 Å². The van der Waals surface area contributed by atoms with Crippen molar-refractivity contribution in [2.24, 2.45) is 0 Å². The highest BCUT2D eigenvalue weighted by Gasteiger charge is 2.35. The first-order valence-electron chi connectivity index (χ1n) is 9.12. The fourth-order valence-electron chi connectivity index (χ4n) is 3.34. The van der Waals surface area contributed by atoms with Gasteiger partial charge in [-0.15, -0.1) is 0 Å². The summed E-state index contributed by atoms with van der Waals surface area (Å²) in [5.41, 5.74) is 0.422. The standard InChI is InChI=1S/C20H23F3N4O/c1-25(14-16-6-4-5-9-24-16)15-19(28)27-12-10-26(11-13-27)18-8-3-2-7-17(18)20(21,22)23/h2-9H,10-15H2,1H3. The average molecular weight is 392 g/mol. The van der Waals surface area contributed by atoms with Gasteiger partial charge in [0.15, 0.2) is 0 Å². The summed E-state index contributed by atoms with van der Waals surface area (Å²) < 4.78 is 39.7. The van der Waals surface area contributed by atoms with Gasteiger partial charge in [0.25, 0.3) is 0 Å². The maximum Gasteiger partial charge on any atom is 0.418 e. The number of hydrogen-bond donors (Lipinski definition) is 0. The Morgan fingerprint density at radius 2 is 1.75 bits per heavy atom. The van der Waals surface area contributed by atoms with Crippen molar-refractivity contribution in [3.8, 4) is 0 Å². The number of pyridine rings is 1. The number of hydrogen-bond acceptors (Lipinski definition) is 4. The summed E-state index contributed by atoms with van der Waals surface area (Å²) >= 11 is 0. The van der Waals surface area contributed by atoms with E-state index in [1.54, 1.807) is 22.1 Å². The molecule has 1 amide bonds. The Bertz CT molecular complexity index is 790. The summed E-state index contributed by atoms with van der Waals surface area (Å²) in [5, 5.41) is 0. The van der Waals surface area contributed by atoms with Crippen LogP contribution in [0.4, 0.5) is 18.9 Å². The van der Waals surface area contributed by atoms with E-state index in [2.05, 4.69) is 4.98 Å². The molecule has 2 heterocycles. The summed E-state index contributed by atoms with van der Waals surface area (Å²) in [4.78, 5) is 22.1. The Morgan fingerprint density at radius 3 is 2.39 bits per heavy atom. The summed E-state index contributed by atoms with van der Waals surface area (Å²) in [6.07, 6.45) is -2.68. The summed E-state index contributed by atoms with van der Waals surface area (Å²) in [7, 11) is 1.85. The molecule has 0 saturated carbocycles. The van der Waals surface area contributed by atoms with Crippen molar-refractivity contribution >= 4 is 11.6 Å². The number of para-hydroxylation sites is 1. The highest BCUT2D eigenvalue weighted by atomic mass is 19.4. The Hall–Kier alpha value is -2.61. The van der Waals surface area contributed by atoms with Gasteiger partial charge in [-0.3, -0.25) is 14.7 Å². The van der Waals surface area contributed by atoms with Crippen LogP contribution in [0.25, 0.3) is 0 Å². The number of carbonyl (C=O) groups is 1. The minimum Gasteiger partial charge on any atom is -0.367 e. The maximum absolute atomic E-state index is 13.2. The van der Waals surface area contributed by atoms with Gasteiger partial charge in [-0.05, 0) is 31.3 Å². The van der Waals surface area contributed by atoms with E-state index >= 15 is 0 Å². The molecule has 5 nitrogen and oxygen atoms in total. The number of benzene rings is 1. The van der Waals surface area contributed by atoms with Gasteiger partial charge in [0.2, 0.25) is 5.91 Å². The highest BCUT2D eigenvalue weighted by molar-refractivity contribution is 5.78. The van der Waals surface area contributed by atoms with Crippen LogP contribution in [0.1, 0.15) is 11.3 Å². The first-order valence-corrected chi connectivity index (χ1v) is 9.12. The second-order valence-corrected chi connectivity index (χ2v) is 6.88. The molecule has 1 aliphatic heterocycles. The minimum atomic E-state index is -4.39. The van der Waals surface area contributed by atoms with Gasteiger partial charge in [-0.1, -0.05) is 18.2 Å². The van der Waals surface area contributed by atoms with Crippen LogP contribution < -0.4 is 4.90 Å². The van der Waals surface area contributed by atoms with E-state index in [4.69, 9.17) is 0 Å². The van der Waals surface area contributed by atoms with E-state index in [-0.39, 0.29) is 18.1 Å². The average Bonchev–Trinajstić information content (AvgIpc) is 2.68. The molecule has 1 aliphatic rings. The van der Waals surface area contributed by atoms with Crippen LogP contribution in [0, 0.1) is 0 Å². The predicted octanol–water partition coefficient (Wildman–Crippen LogP) is 2.88. The minimum absolute atomic E-state index is 0.0258. The fourth-order valence-corrected chi connectivity index (χ4v) is 3.34. The van der Waals surface area contributed by atoms with Gasteiger partial charge in [-0.2, -0.15) is 13.2 Å². The molecule has 0 radical (unpaired) electrons. The van der Waals surface area contributed by atoms with Crippen LogP contribution in [0.3, 0.4) is 0 Å². The molecule has 2 aromatic rings. The van der Waals surface area contributed by atoms with Crippen LogP contribution in [0.15, 0.2) is 48.7 Å². The summed E-state index contributed by atoms with van der Waals surface area (Å²) in [6.45, 7) is 2.37. The number of piperazine rings is 1. The van der Waals surface area contributed by atoms with Gasteiger partial charge in [0, 0.05) is 44.6 Å². The van der Waals surface area contributed by atoms with E-state index in [9.17, 15) is 18.0 Å². The molecular formula is C20H23F3N4O. The molecule has 0 atom stereocenters. The molecule has 0 aliphatic carbocycles. The smallest absolute Gasteiger partial charge is 0.367 e. The molecule has 3 rings (SSSR count).